The van der Waals surface area contributed by atoms with Crippen LogP contribution in [-0.4, -0.2) is 55.6 Å². The van der Waals surface area contributed by atoms with Crippen LogP contribution in [0.4, 0.5) is 18.0 Å². The summed E-state index contributed by atoms with van der Waals surface area (Å²) in [5.74, 6) is -4.33. The van der Waals surface area contributed by atoms with Crippen molar-refractivity contribution in [3.8, 4) is 0 Å². The Morgan fingerprint density at radius 1 is 1.21 bits per heavy atom. The molecule has 1 aromatic carbocycles. The first kappa shape index (κ1) is 26.7. The third-order valence-electron chi connectivity index (χ3n) is 6.21. The van der Waals surface area contributed by atoms with Gasteiger partial charge in [0.2, 0.25) is 0 Å². The molecule has 188 valence electrons. The topological polar surface area (TPSA) is 82.0 Å². The van der Waals surface area contributed by atoms with E-state index in [0.717, 1.165) is 31.7 Å². The van der Waals surface area contributed by atoms with Gasteiger partial charge in [0.1, 0.15) is 4.75 Å². The maximum Gasteiger partial charge on any atom is 0.323 e. The van der Waals surface area contributed by atoms with Gasteiger partial charge in [0, 0.05) is 12.6 Å². The van der Waals surface area contributed by atoms with Crippen LogP contribution in [0.15, 0.2) is 17.1 Å². The fourth-order valence-electron chi connectivity index (χ4n) is 4.03. The zero-order chi connectivity index (χ0) is 25.0. The Hall–Kier alpha value is -1.88. The number of aliphatic carboxylic acids is 1. The van der Waals surface area contributed by atoms with Crippen LogP contribution >= 0.6 is 23.5 Å². The minimum absolute atomic E-state index is 0.0147. The third-order valence-corrected chi connectivity index (χ3v) is 8.83. The predicted molar refractivity (Wildman–Crippen MR) is 130 cm³/mol. The van der Waals surface area contributed by atoms with E-state index in [-0.39, 0.29) is 35.2 Å². The summed E-state index contributed by atoms with van der Waals surface area (Å²) in [7, 11) is 0. The first-order chi connectivity index (χ1) is 16.0. The van der Waals surface area contributed by atoms with E-state index in [2.05, 4.69) is 17.2 Å². The van der Waals surface area contributed by atoms with Gasteiger partial charge in [0.15, 0.2) is 22.6 Å². The van der Waals surface area contributed by atoms with Crippen molar-refractivity contribution >= 4 is 40.7 Å². The molecule has 34 heavy (non-hydrogen) atoms. The van der Waals surface area contributed by atoms with Gasteiger partial charge in [-0.1, -0.05) is 24.8 Å². The summed E-state index contributed by atoms with van der Waals surface area (Å²) in [4.78, 5) is 30.6. The quantitative estimate of drug-likeness (QED) is 0.482. The molecule has 1 aliphatic carbocycles. The SMILES string of the molecule is CC1CCC(N(CCc2ccc(F)c(F)c2F)C(=O)NC2=NCC(SC(C)(C)C(=O)O)S2)CC1. The molecule has 1 saturated carbocycles. The number of thioether (sulfide) groups is 2. The van der Waals surface area contributed by atoms with E-state index in [1.807, 2.05) is 0 Å². The second-order valence-electron chi connectivity index (χ2n) is 9.25. The van der Waals surface area contributed by atoms with Crippen molar-refractivity contribution in [2.45, 2.75) is 68.2 Å². The van der Waals surface area contributed by atoms with Crippen LogP contribution in [0, 0.1) is 23.4 Å². The maximum atomic E-state index is 14.2. The molecule has 2 aliphatic rings. The van der Waals surface area contributed by atoms with Crippen LogP contribution in [0.2, 0.25) is 0 Å². The number of amides is 2. The highest BCUT2D eigenvalue weighted by Crippen LogP contribution is 2.38. The molecule has 2 amide bonds. The first-order valence-electron chi connectivity index (χ1n) is 11.3. The minimum Gasteiger partial charge on any atom is -0.480 e. The Kier molecular flexibility index (Phi) is 8.83. The molecular formula is C23H30F3N3O3S2. The van der Waals surface area contributed by atoms with Crippen LogP contribution in [0.1, 0.15) is 52.0 Å². The Morgan fingerprint density at radius 3 is 2.53 bits per heavy atom. The van der Waals surface area contributed by atoms with Gasteiger partial charge in [0.05, 0.1) is 11.1 Å². The Balaban J connectivity index is 1.66. The summed E-state index contributed by atoms with van der Waals surface area (Å²) >= 11 is 2.58. The molecule has 0 saturated heterocycles. The fourth-order valence-corrected chi connectivity index (χ4v) is 6.82. The van der Waals surface area contributed by atoms with E-state index >= 15 is 0 Å². The molecule has 0 spiro atoms. The summed E-state index contributed by atoms with van der Waals surface area (Å²) in [5, 5.41) is 12.6. The van der Waals surface area contributed by atoms with Crippen molar-refractivity contribution in [3.05, 3.63) is 35.1 Å². The lowest BCUT2D eigenvalue weighted by Crippen LogP contribution is -2.49. The fraction of sp³-hybridized carbons (Fsp3) is 0.609. The van der Waals surface area contributed by atoms with Crippen molar-refractivity contribution in [2.75, 3.05) is 13.1 Å². The molecule has 1 heterocycles. The van der Waals surface area contributed by atoms with E-state index in [1.54, 1.807) is 18.7 Å². The largest absolute Gasteiger partial charge is 0.480 e. The van der Waals surface area contributed by atoms with Crippen LogP contribution in [-0.2, 0) is 11.2 Å². The van der Waals surface area contributed by atoms with Gasteiger partial charge in [0.25, 0.3) is 0 Å². The monoisotopic (exact) mass is 517 g/mol. The van der Waals surface area contributed by atoms with Gasteiger partial charge < -0.3 is 10.0 Å². The van der Waals surface area contributed by atoms with Gasteiger partial charge in [-0.15, -0.1) is 11.8 Å². The van der Waals surface area contributed by atoms with Gasteiger partial charge in [-0.2, -0.15) is 0 Å². The summed E-state index contributed by atoms with van der Waals surface area (Å²) < 4.78 is 40.0. The number of halogens is 3. The van der Waals surface area contributed by atoms with E-state index in [9.17, 15) is 27.9 Å². The molecule has 1 aliphatic heterocycles. The lowest BCUT2D eigenvalue weighted by atomic mass is 9.86. The summed E-state index contributed by atoms with van der Waals surface area (Å²) in [6.45, 7) is 5.94. The lowest BCUT2D eigenvalue weighted by Gasteiger charge is -2.36. The number of amidine groups is 1. The number of nitrogens with zero attached hydrogens (tertiary/aromatic N) is 2. The highest BCUT2D eigenvalue weighted by molar-refractivity contribution is 8.25. The first-order valence-corrected chi connectivity index (χ1v) is 13.1. The zero-order valence-electron chi connectivity index (χ0n) is 19.4. The van der Waals surface area contributed by atoms with E-state index in [0.29, 0.717) is 17.6 Å². The molecule has 3 rings (SSSR count). The number of carboxylic acids is 1. The van der Waals surface area contributed by atoms with E-state index in [4.69, 9.17) is 0 Å². The number of benzene rings is 1. The van der Waals surface area contributed by atoms with Crippen LogP contribution in [0.5, 0.6) is 0 Å². The normalized spacial score (nSPS) is 22.9. The Morgan fingerprint density at radius 2 is 1.88 bits per heavy atom. The third kappa shape index (κ3) is 6.62. The molecule has 1 unspecified atom stereocenters. The number of carbonyl (C=O) groups is 2. The smallest absolute Gasteiger partial charge is 0.323 e. The molecule has 1 atom stereocenters. The Labute approximate surface area is 206 Å². The van der Waals surface area contributed by atoms with Crippen LogP contribution < -0.4 is 5.32 Å². The molecule has 0 bridgehead atoms. The van der Waals surface area contributed by atoms with Crippen LogP contribution in [0.25, 0.3) is 0 Å². The van der Waals surface area contributed by atoms with Crippen molar-refractivity contribution < 1.29 is 27.9 Å². The van der Waals surface area contributed by atoms with Crippen molar-refractivity contribution in [2.24, 2.45) is 10.9 Å². The molecule has 1 aromatic rings. The molecule has 11 heteroatoms. The number of hydrogen-bond acceptors (Lipinski definition) is 5. The molecule has 2 N–H and O–H groups in total. The summed E-state index contributed by atoms with van der Waals surface area (Å²) in [6.07, 6.45) is 3.59. The summed E-state index contributed by atoms with van der Waals surface area (Å²) in [5.41, 5.74) is 0.0147. The second-order valence-corrected chi connectivity index (χ2v) is 12.6. The van der Waals surface area contributed by atoms with Crippen LogP contribution in [0.3, 0.4) is 0 Å². The zero-order valence-corrected chi connectivity index (χ0v) is 21.1. The maximum absolute atomic E-state index is 14.2. The standard InChI is InChI=1S/C23H30F3N3O3S2/c1-13-4-7-15(8-5-13)29(11-10-14-6-9-16(24)19(26)18(14)25)22(32)28-21-27-12-17(33-21)34-23(2,3)20(30)31/h6,9,13,15,17H,4-5,7-8,10-12H2,1-3H3,(H,30,31)(H,27,28,32). The van der Waals surface area contributed by atoms with Crippen molar-refractivity contribution in [3.63, 3.8) is 0 Å². The average molecular weight is 518 g/mol. The predicted octanol–water partition coefficient (Wildman–Crippen LogP) is 5.26. The van der Waals surface area contributed by atoms with Gasteiger partial charge in [-0.25, -0.2) is 18.0 Å². The number of urea groups is 1. The molecule has 1 fully saturated rings. The number of carbonyl (C=O) groups excluding carboxylic acids is 1. The van der Waals surface area contributed by atoms with E-state index < -0.39 is 28.2 Å². The summed E-state index contributed by atoms with van der Waals surface area (Å²) in [6, 6.07) is 1.67. The molecule has 0 aromatic heterocycles. The van der Waals surface area contributed by atoms with Crippen molar-refractivity contribution in [1.29, 1.82) is 0 Å². The van der Waals surface area contributed by atoms with Gasteiger partial charge >= 0.3 is 12.0 Å². The lowest BCUT2D eigenvalue weighted by molar-refractivity contribution is -0.138. The Bertz CT molecular complexity index is 953. The second kappa shape index (κ2) is 11.2. The average Bonchev–Trinajstić information content (AvgIpc) is 3.20. The number of nitrogens with one attached hydrogen (secondary N) is 1. The molecule has 6 nitrogen and oxygen atoms in total. The van der Waals surface area contributed by atoms with E-state index in [1.165, 1.54) is 29.6 Å². The minimum atomic E-state index is -1.51. The molecular weight excluding hydrogens is 487 g/mol. The molecule has 0 radical (unpaired) electrons. The van der Waals surface area contributed by atoms with Gasteiger partial charge in [-0.3, -0.25) is 15.1 Å². The highest BCUT2D eigenvalue weighted by Gasteiger charge is 2.35. The number of rotatable bonds is 7. The number of carboxylic acid groups (broad SMARTS) is 1. The number of aliphatic imine (C=N–C) groups is 1. The number of hydrogen-bond donors (Lipinski definition) is 2. The van der Waals surface area contributed by atoms with Crippen molar-refractivity contribution in [1.82, 2.24) is 10.2 Å². The highest BCUT2D eigenvalue weighted by atomic mass is 32.2. The van der Waals surface area contributed by atoms with Gasteiger partial charge in [-0.05, 0) is 63.5 Å².